The predicted octanol–water partition coefficient (Wildman–Crippen LogP) is 7.93. The zero-order valence-electron chi connectivity index (χ0n) is 16.1. The molecule has 0 heteroatoms. The topological polar surface area (TPSA) is 0 Å². The van der Waals surface area contributed by atoms with E-state index in [0.29, 0.717) is 0 Å². The summed E-state index contributed by atoms with van der Waals surface area (Å²) in [6.07, 6.45) is 24.9. The summed E-state index contributed by atoms with van der Waals surface area (Å²) in [7, 11) is 0. The van der Waals surface area contributed by atoms with E-state index in [9.17, 15) is 0 Å². The van der Waals surface area contributed by atoms with Gasteiger partial charge in [-0.25, -0.2) is 0 Å². The monoisotopic (exact) mass is 318 g/mol. The Hall–Kier alpha value is -0.260. The Labute approximate surface area is 146 Å². The summed E-state index contributed by atoms with van der Waals surface area (Å²) >= 11 is 0. The first-order valence-electron chi connectivity index (χ1n) is 10.8. The van der Waals surface area contributed by atoms with Crippen LogP contribution in [0.1, 0.15) is 110 Å². The second-order valence-corrected chi connectivity index (χ2v) is 9.05. The van der Waals surface area contributed by atoms with Gasteiger partial charge in [-0.3, -0.25) is 0 Å². The van der Waals surface area contributed by atoms with E-state index in [1.54, 1.807) is 57.4 Å². The highest BCUT2D eigenvalue weighted by Gasteiger charge is 2.50. The molecule has 4 aliphatic rings. The lowest BCUT2D eigenvalue weighted by molar-refractivity contribution is -0.0583. The van der Waals surface area contributed by atoms with E-state index in [1.165, 1.54) is 44.9 Å². The molecule has 0 aromatic carbocycles. The molecule has 0 spiro atoms. The Morgan fingerprint density at radius 2 is 1.17 bits per heavy atom. The highest BCUT2D eigenvalue weighted by Crippen LogP contribution is 2.61. The van der Waals surface area contributed by atoms with E-state index < -0.39 is 0 Å². The van der Waals surface area contributed by atoms with E-state index in [2.05, 4.69) is 13.5 Å². The first-order chi connectivity index (χ1) is 11.2. The van der Waals surface area contributed by atoms with Gasteiger partial charge in [-0.05, 0) is 75.0 Å². The normalized spacial score (nSPS) is 34.1. The maximum atomic E-state index is 3.36. The average Bonchev–Trinajstić information content (AvgIpc) is 2.49. The van der Waals surface area contributed by atoms with Crippen molar-refractivity contribution in [3.05, 3.63) is 12.7 Å². The smallest absolute Gasteiger partial charge is 0.0290 e. The highest BCUT2D eigenvalue weighted by molar-refractivity contribution is 5.01. The minimum absolute atomic E-state index is 0.844. The van der Waals surface area contributed by atoms with Crippen molar-refractivity contribution in [2.24, 2.45) is 23.2 Å². The number of hydrogen-bond donors (Lipinski definition) is 0. The summed E-state index contributed by atoms with van der Waals surface area (Å²) in [5.41, 5.74) is 0.844. The van der Waals surface area contributed by atoms with Crippen LogP contribution in [0.25, 0.3) is 0 Å². The van der Waals surface area contributed by atoms with Crippen LogP contribution in [0.5, 0.6) is 0 Å². The maximum absolute atomic E-state index is 3.36. The molecule has 134 valence electrons. The summed E-state index contributed by atoms with van der Waals surface area (Å²) in [5.74, 6) is 3.45. The first-order valence-corrected chi connectivity index (χ1v) is 10.8. The zero-order valence-corrected chi connectivity index (χ0v) is 16.1. The molecule has 4 fully saturated rings. The SMILES string of the molecule is C=CC.CCCCCCCCCCC12CC3CC(CC(C3)C1)C2. The fraction of sp³-hybridized carbons (Fsp3) is 0.913. The van der Waals surface area contributed by atoms with E-state index in [-0.39, 0.29) is 0 Å². The van der Waals surface area contributed by atoms with Gasteiger partial charge in [0.25, 0.3) is 0 Å². The van der Waals surface area contributed by atoms with Gasteiger partial charge in [0.15, 0.2) is 0 Å². The largest absolute Gasteiger partial charge is 0.103 e. The van der Waals surface area contributed by atoms with Crippen LogP contribution in [0.15, 0.2) is 12.7 Å². The fourth-order valence-corrected chi connectivity index (χ4v) is 6.23. The maximum Gasteiger partial charge on any atom is -0.0290 e. The molecule has 0 atom stereocenters. The van der Waals surface area contributed by atoms with Crippen LogP contribution >= 0.6 is 0 Å². The molecule has 0 heterocycles. The Balaban J connectivity index is 0.000000595. The van der Waals surface area contributed by atoms with Crippen molar-refractivity contribution < 1.29 is 0 Å². The highest BCUT2D eigenvalue weighted by atomic mass is 14.5. The van der Waals surface area contributed by atoms with Crippen LogP contribution in [0.4, 0.5) is 0 Å². The van der Waals surface area contributed by atoms with E-state index in [1.807, 2.05) is 6.92 Å². The van der Waals surface area contributed by atoms with E-state index >= 15 is 0 Å². The van der Waals surface area contributed by atoms with Crippen molar-refractivity contribution in [2.45, 2.75) is 110 Å². The van der Waals surface area contributed by atoms with Gasteiger partial charge in [0.1, 0.15) is 0 Å². The number of allylic oxidation sites excluding steroid dienone is 1. The molecule has 0 amide bonds. The molecular weight excluding hydrogens is 276 g/mol. The van der Waals surface area contributed by atoms with Gasteiger partial charge in [-0.2, -0.15) is 0 Å². The van der Waals surface area contributed by atoms with Crippen molar-refractivity contribution in [3.63, 3.8) is 0 Å². The summed E-state index contributed by atoms with van der Waals surface area (Å²) < 4.78 is 0. The standard InChI is InChI=1S/C20H36.C3H6/c1-2-3-4-5-6-7-8-9-10-20-14-17-11-18(15-20)13-19(12-17)16-20;1-3-2/h17-19H,2-16H2,1H3;3H,1H2,2H3. The zero-order chi connectivity index (χ0) is 16.5. The van der Waals surface area contributed by atoms with Crippen molar-refractivity contribution in [2.75, 3.05) is 0 Å². The molecule has 23 heavy (non-hydrogen) atoms. The Morgan fingerprint density at radius 1 is 0.783 bits per heavy atom. The molecule has 0 saturated heterocycles. The van der Waals surface area contributed by atoms with Crippen LogP contribution < -0.4 is 0 Å². The Morgan fingerprint density at radius 3 is 1.61 bits per heavy atom. The summed E-state index contributed by atoms with van der Waals surface area (Å²) in [6.45, 7) is 7.56. The van der Waals surface area contributed by atoms with Crippen molar-refractivity contribution in [3.8, 4) is 0 Å². The molecule has 4 saturated carbocycles. The fourth-order valence-electron chi connectivity index (χ4n) is 6.23. The van der Waals surface area contributed by atoms with Gasteiger partial charge in [0.2, 0.25) is 0 Å². The average molecular weight is 319 g/mol. The minimum atomic E-state index is 0.844. The van der Waals surface area contributed by atoms with Crippen LogP contribution in [-0.2, 0) is 0 Å². The lowest BCUT2D eigenvalue weighted by Gasteiger charge is -2.57. The summed E-state index contributed by atoms with van der Waals surface area (Å²) in [6, 6.07) is 0. The van der Waals surface area contributed by atoms with Gasteiger partial charge in [-0.15, -0.1) is 6.58 Å². The van der Waals surface area contributed by atoms with E-state index in [0.717, 1.165) is 23.2 Å². The van der Waals surface area contributed by atoms with Gasteiger partial charge in [0, 0.05) is 0 Å². The van der Waals surface area contributed by atoms with Gasteiger partial charge in [-0.1, -0.05) is 64.4 Å². The third-order valence-corrected chi connectivity index (χ3v) is 6.73. The molecular formula is C23H42. The molecule has 0 nitrogen and oxygen atoms in total. The summed E-state index contributed by atoms with van der Waals surface area (Å²) in [5, 5.41) is 0. The molecule has 4 aliphatic carbocycles. The second-order valence-electron chi connectivity index (χ2n) is 9.05. The van der Waals surface area contributed by atoms with Crippen molar-refractivity contribution >= 4 is 0 Å². The predicted molar refractivity (Wildman–Crippen MR) is 104 cm³/mol. The molecule has 4 bridgehead atoms. The van der Waals surface area contributed by atoms with E-state index in [4.69, 9.17) is 0 Å². The van der Waals surface area contributed by atoms with Crippen LogP contribution in [0, 0.1) is 23.2 Å². The third-order valence-electron chi connectivity index (χ3n) is 6.73. The van der Waals surface area contributed by atoms with Crippen LogP contribution in [0.3, 0.4) is 0 Å². The quantitative estimate of drug-likeness (QED) is 0.299. The molecule has 4 rings (SSSR count). The molecule has 0 N–H and O–H groups in total. The molecule has 0 unspecified atom stereocenters. The Bertz CT molecular complexity index is 292. The van der Waals surface area contributed by atoms with Crippen LogP contribution in [-0.4, -0.2) is 0 Å². The number of unbranched alkanes of at least 4 members (excludes halogenated alkanes) is 7. The lowest BCUT2D eigenvalue weighted by atomic mass is 9.48. The molecule has 0 aromatic rings. The molecule has 0 aliphatic heterocycles. The Kier molecular flexibility index (Phi) is 8.21. The molecule has 0 radical (unpaired) electrons. The van der Waals surface area contributed by atoms with Gasteiger partial charge in [0.05, 0.1) is 0 Å². The minimum Gasteiger partial charge on any atom is -0.103 e. The van der Waals surface area contributed by atoms with Crippen molar-refractivity contribution in [1.29, 1.82) is 0 Å². The van der Waals surface area contributed by atoms with Gasteiger partial charge >= 0.3 is 0 Å². The van der Waals surface area contributed by atoms with Crippen LogP contribution in [0.2, 0.25) is 0 Å². The van der Waals surface area contributed by atoms with Crippen molar-refractivity contribution in [1.82, 2.24) is 0 Å². The first kappa shape index (κ1) is 19.1. The van der Waals surface area contributed by atoms with Gasteiger partial charge < -0.3 is 0 Å². The third kappa shape index (κ3) is 5.95. The lowest BCUT2D eigenvalue weighted by Crippen LogP contribution is -2.45. The number of rotatable bonds is 9. The summed E-state index contributed by atoms with van der Waals surface area (Å²) in [4.78, 5) is 0. The number of hydrogen-bond acceptors (Lipinski definition) is 0. The second kappa shape index (κ2) is 9.90. The molecule has 0 aromatic heterocycles.